The van der Waals surface area contributed by atoms with E-state index in [1.165, 1.54) is 0 Å². The van der Waals surface area contributed by atoms with Crippen LogP contribution in [0.25, 0.3) is 0 Å². The van der Waals surface area contributed by atoms with E-state index in [4.69, 9.17) is 18.9 Å². The van der Waals surface area contributed by atoms with Gasteiger partial charge < -0.3 is 18.9 Å². The molecule has 2 aliphatic carbocycles. The summed E-state index contributed by atoms with van der Waals surface area (Å²) in [5, 5.41) is 0. The Balaban J connectivity index is 1.56. The summed E-state index contributed by atoms with van der Waals surface area (Å²) in [6, 6.07) is 0. The Morgan fingerprint density at radius 2 is 2.08 bits per heavy atom. The van der Waals surface area contributed by atoms with Gasteiger partial charge in [0.15, 0.2) is 6.10 Å². The molecule has 0 aromatic rings. The zero-order valence-electron chi connectivity index (χ0n) is 14.2. The number of fused-ring (bicyclic) bond motifs is 1. The third-order valence-electron chi connectivity index (χ3n) is 5.91. The summed E-state index contributed by atoms with van der Waals surface area (Å²) >= 11 is 0. The molecule has 6 atom stereocenters. The van der Waals surface area contributed by atoms with Crippen molar-refractivity contribution in [3.63, 3.8) is 0 Å². The topological polar surface area (TPSA) is 88.1 Å². The van der Waals surface area contributed by atoms with Gasteiger partial charge >= 0.3 is 17.9 Å². The molecule has 0 spiro atoms. The third kappa shape index (κ3) is 2.39. The Morgan fingerprint density at radius 1 is 1.28 bits per heavy atom. The van der Waals surface area contributed by atoms with Crippen LogP contribution in [-0.2, 0) is 33.3 Å². The number of carbonyl (C=O) groups excluding carboxylic acids is 3. The van der Waals surface area contributed by atoms with Crippen molar-refractivity contribution in [2.45, 2.75) is 57.5 Å². The van der Waals surface area contributed by atoms with E-state index in [1.54, 1.807) is 6.92 Å². The zero-order chi connectivity index (χ0) is 17.8. The van der Waals surface area contributed by atoms with Gasteiger partial charge in [0.2, 0.25) is 6.29 Å². The second-order valence-corrected chi connectivity index (χ2v) is 7.50. The molecular formula is C18H22O7. The van der Waals surface area contributed by atoms with Gasteiger partial charge in [-0.2, -0.15) is 0 Å². The minimum atomic E-state index is -1.05. The van der Waals surface area contributed by atoms with Crippen LogP contribution in [0.5, 0.6) is 0 Å². The summed E-state index contributed by atoms with van der Waals surface area (Å²) in [6.45, 7) is 5.70. The van der Waals surface area contributed by atoms with E-state index in [1.807, 2.05) is 0 Å². The number of hydrogen-bond acceptors (Lipinski definition) is 7. The van der Waals surface area contributed by atoms with Crippen LogP contribution in [0, 0.1) is 17.3 Å². The fourth-order valence-corrected chi connectivity index (χ4v) is 4.72. The van der Waals surface area contributed by atoms with E-state index >= 15 is 0 Å². The first-order valence-corrected chi connectivity index (χ1v) is 8.83. The molecule has 2 aliphatic heterocycles. The predicted molar refractivity (Wildman–Crippen MR) is 82.9 cm³/mol. The van der Waals surface area contributed by atoms with Crippen molar-refractivity contribution < 1.29 is 33.3 Å². The Hall–Kier alpha value is -1.89. The molecule has 2 saturated heterocycles. The third-order valence-corrected chi connectivity index (χ3v) is 5.91. The highest BCUT2D eigenvalue weighted by Crippen LogP contribution is 2.64. The quantitative estimate of drug-likeness (QED) is 0.431. The normalized spacial score (nSPS) is 41.3. The van der Waals surface area contributed by atoms with Gasteiger partial charge in [0.1, 0.15) is 11.5 Å². The maximum Gasteiger partial charge on any atom is 0.333 e. The van der Waals surface area contributed by atoms with Gasteiger partial charge in [-0.05, 0) is 32.6 Å². The number of carbonyl (C=O) groups is 3. The van der Waals surface area contributed by atoms with Crippen molar-refractivity contribution in [3.05, 3.63) is 12.2 Å². The number of esters is 3. The molecule has 6 unspecified atom stereocenters. The predicted octanol–water partition coefficient (Wildman–Crippen LogP) is 1.50. The van der Waals surface area contributed by atoms with E-state index in [-0.39, 0.29) is 11.5 Å². The molecule has 0 aromatic heterocycles. The smallest absolute Gasteiger partial charge is 0.333 e. The lowest BCUT2D eigenvalue weighted by atomic mass is 9.74. The highest BCUT2D eigenvalue weighted by molar-refractivity contribution is 5.92. The average Bonchev–Trinajstić information content (AvgIpc) is 3.16. The molecule has 7 heteroatoms. The standard InChI is InChI=1S/C18H22O7/c1-9(2)15(19)24-13-10-7-11-16(20)25-14(13)18(11,8-10)17(21)23-12-5-3-4-6-22-12/h10-14H,1,3-8H2,2H3. The molecule has 2 heterocycles. The van der Waals surface area contributed by atoms with E-state index in [0.29, 0.717) is 25.9 Å². The molecule has 4 rings (SSSR count). The molecule has 4 aliphatic rings. The summed E-state index contributed by atoms with van der Waals surface area (Å²) in [7, 11) is 0. The molecule has 0 N–H and O–H groups in total. The summed E-state index contributed by atoms with van der Waals surface area (Å²) in [6.07, 6.45) is 1.50. The SMILES string of the molecule is C=C(C)C(=O)OC1C2CC3C(=O)OC1C3(C(=O)OC1CCCCO1)C2. The average molecular weight is 350 g/mol. The Morgan fingerprint density at radius 3 is 2.76 bits per heavy atom. The first kappa shape index (κ1) is 16.6. The van der Waals surface area contributed by atoms with Crippen LogP contribution in [0.2, 0.25) is 0 Å². The van der Waals surface area contributed by atoms with Crippen LogP contribution in [0.3, 0.4) is 0 Å². The summed E-state index contributed by atoms with van der Waals surface area (Å²) in [4.78, 5) is 37.1. The van der Waals surface area contributed by atoms with Gasteiger partial charge in [-0.15, -0.1) is 0 Å². The van der Waals surface area contributed by atoms with Crippen LogP contribution < -0.4 is 0 Å². The van der Waals surface area contributed by atoms with Gasteiger partial charge in [-0.25, -0.2) is 4.79 Å². The van der Waals surface area contributed by atoms with Crippen molar-refractivity contribution in [2.24, 2.45) is 17.3 Å². The minimum Gasteiger partial charge on any atom is -0.457 e. The Kier molecular flexibility index (Phi) is 3.86. The first-order chi connectivity index (χ1) is 11.9. The summed E-state index contributed by atoms with van der Waals surface area (Å²) in [5.74, 6) is -1.99. The van der Waals surface area contributed by atoms with E-state index in [2.05, 4.69) is 6.58 Å². The maximum atomic E-state index is 13.0. The van der Waals surface area contributed by atoms with Gasteiger partial charge in [-0.3, -0.25) is 9.59 Å². The lowest BCUT2D eigenvalue weighted by Crippen LogP contribution is -2.48. The van der Waals surface area contributed by atoms with Crippen molar-refractivity contribution >= 4 is 17.9 Å². The van der Waals surface area contributed by atoms with Crippen LogP contribution in [0.1, 0.15) is 39.0 Å². The van der Waals surface area contributed by atoms with E-state index < -0.39 is 47.7 Å². The second-order valence-electron chi connectivity index (χ2n) is 7.50. The largest absolute Gasteiger partial charge is 0.457 e. The van der Waals surface area contributed by atoms with E-state index in [0.717, 1.165) is 12.8 Å². The molecule has 0 aromatic carbocycles. The lowest BCUT2D eigenvalue weighted by Gasteiger charge is -2.33. The monoisotopic (exact) mass is 350 g/mol. The Labute approximate surface area is 145 Å². The van der Waals surface area contributed by atoms with Crippen LogP contribution in [0.4, 0.5) is 0 Å². The molecule has 0 amide bonds. The number of hydrogen-bond donors (Lipinski definition) is 0. The van der Waals surface area contributed by atoms with Crippen LogP contribution >= 0.6 is 0 Å². The number of rotatable bonds is 4. The molecule has 4 fully saturated rings. The molecule has 0 radical (unpaired) electrons. The molecule has 7 nitrogen and oxygen atoms in total. The maximum absolute atomic E-state index is 13.0. The van der Waals surface area contributed by atoms with Gasteiger partial charge in [0.05, 0.1) is 12.5 Å². The van der Waals surface area contributed by atoms with Gasteiger partial charge in [0, 0.05) is 17.9 Å². The van der Waals surface area contributed by atoms with Gasteiger partial charge in [0.25, 0.3) is 0 Å². The molecule has 2 saturated carbocycles. The first-order valence-electron chi connectivity index (χ1n) is 8.83. The highest BCUT2D eigenvalue weighted by atomic mass is 16.7. The summed E-state index contributed by atoms with van der Waals surface area (Å²) in [5.41, 5.74) is -0.779. The molecule has 25 heavy (non-hydrogen) atoms. The van der Waals surface area contributed by atoms with E-state index in [9.17, 15) is 14.4 Å². The minimum absolute atomic E-state index is 0.0791. The Bertz CT molecular complexity index is 635. The van der Waals surface area contributed by atoms with Gasteiger partial charge in [-0.1, -0.05) is 6.58 Å². The zero-order valence-corrected chi connectivity index (χ0v) is 14.2. The van der Waals surface area contributed by atoms with Crippen molar-refractivity contribution in [3.8, 4) is 0 Å². The molecule has 2 bridgehead atoms. The van der Waals surface area contributed by atoms with Crippen LogP contribution in [0.15, 0.2) is 12.2 Å². The fourth-order valence-electron chi connectivity index (χ4n) is 4.72. The second kappa shape index (κ2) is 5.83. The van der Waals surface area contributed by atoms with Crippen molar-refractivity contribution in [2.75, 3.05) is 6.61 Å². The molecule has 136 valence electrons. The lowest BCUT2D eigenvalue weighted by molar-refractivity contribution is -0.202. The van der Waals surface area contributed by atoms with Crippen molar-refractivity contribution in [1.82, 2.24) is 0 Å². The fraction of sp³-hybridized carbons (Fsp3) is 0.722. The highest BCUT2D eigenvalue weighted by Gasteiger charge is 2.76. The van der Waals surface area contributed by atoms with Crippen LogP contribution in [-0.4, -0.2) is 43.0 Å². The summed E-state index contributed by atoms with van der Waals surface area (Å²) < 4.78 is 22.0. The van der Waals surface area contributed by atoms with Crippen molar-refractivity contribution in [1.29, 1.82) is 0 Å². The molecular weight excluding hydrogens is 328 g/mol. The number of ether oxygens (including phenoxy) is 4.